The first-order chi connectivity index (χ1) is 7.64. The Labute approximate surface area is 97.4 Å². The fourth-order valence-corrected chi connectivity index (χ4v) is 2.61. The van der Waals surface area contributed by atoms with Gasteiger partial charge in [0.05, 0.1) is 6.54 Å². The van der Waals surface area contributed by atoms with Crippen molar-refractivity contribution in [3.05, 3.63) is 24.3 Å². The zero-order valence-corrected chi connectivity index (χ0v) is 10.3. The van der Waals surface area contributed by atoms with Crippen LogP contribution >= 0.6 is 0 Å². The van der Waals surface area contributed by atoms with Gasteiger partial charge in [0.15, 0.2) is 6.04 Å². The largest absolute Gasteiger partial charge is 0.399 e. The van der Waals surface area contributed by atoms with E-state index < -0.39 is 0 Å². The monoisotopic (exact) mass is 221 g/mol. The number of anilines is 1. The van der Waals surface area contributed by atoms with Gasteiger partial charge in [-0.15, -0.1) is 0 Å². The summed E-state index contributed by atoms with van der Waals surface area (Å²) in [5, 5.41) is 0. The third kappa shape index (κ3) is 1.70. The zero-order valence-electron chi connectivity index (χ0n) is 10.3. The molecule has 1 aliphatic rings. The number of quaternary nitrogens is 1. The third-order valence-electron chi connectivity index (χ3n) is 3.90. The van der Waals surface area contributed by atoms with Crippen molar-refractivity contribution >= 4 is 11.4 Å². The second-order valence-electron chi connectivity index (χ2n) is 4.63. The molecule has 3 nitrogen and oxygen atoms in total. The van der Waals surface area contributed by atoms with Gasteiger partial charge in [0, 0.05) is 24.9 Å². The molecule has 0 spiro atoms. The fraction of sp³-hybridized carbons (Fsp3) is 0.538. The molecule has 2 N–H and O–H groups in total. The van der Waals surface area contributed by atoms with Crippen molar-refractivity contribution in [3.8, 4) is 0 Å². The molecule has 1 heterocycles. The van der Waals surface area contributed by atoms with Crippen molar-refractivity contribution in [3.63, 3.8) is 0 Å². The fourth-order valence-electron chi connectivity index (χ4n) is 2.61. The molecule has 0 radical (unpaired) electrons. The first kappa shape index (κ1) is 11.4. The Kier molecular flexibility index (Phi) is 2.91. The maximum atomic E-state index is 5.72. The Morgan fingerprint density at radius 3 is 2.56 bits per heavy atom. The summed E-state index contributed by atoms with van der Waals surface area (Å²) < 4.78 is 6.47. The lowest BCUT2D eigenvalue weighted by Crippen LogP contribution is -2.34. The number of hydrogen-bond acceptors (Lipinski definition) is 2. The van der Waals surface area contributed by atoms with E-state index in [1.165, 1.54) is 12.2 Å². The van der Waals surface area contributed by atoms with E-state index >= 15 is 0 Å². The van der Waals surface area contributed by atoms with E-state index in [0.29, 0.717) is 12.1 Å². The molecular formula is C13H21N2O+. The lowest BCUT2D eigenvalue weighted by atomic mass is 10.2. The highest BCUT2D eigenvalue weighted by Crippen LogP contribution is 2.40. The average molecular weight is 221 g/mol. The number of nitrogen functional groups attached to an aromatic ring is 1. The van der Waals surface area contributed by atoms with E-state index in [0.717, 1.165) is 16.7 Å². The minimum atomic E-state index is 0.317. The van der Waals surface area contributed by atoms with E-state index in [9.17, 15) is 0 Å². The molecule has 1 saturated heterocycles. The Bertz CT molecular complexity index is 363. The predicted octanol–water partition coefficient (Wildman–Crippen LogP) is 2.01. The summed E-state index contributed by atoms with van der Waals surface area (Å²) in [5.74, 6) is 0. The molecule has 0 amide bonds. The van der Waals surface area contributed by atoms with E-state index in [1.807, 2.05) is 12.1 Å². The van der Waals surface area contributed by atoms with Gasteiger partial charge in [-0.25, -0.2) is 0 Å². The Balaban J connectivity index is 2.22. The van der Waals surface area contributed by atoms with Crippen molar-refractivity contribution in [2.24, 2.45) is 0 Å². The van der Waals surface area contributed by atoms with Gasteiger partial charge in [-0.1, -0.05) is 0 Å². The molecule has 16 heavy (non-hydrogen) atoms. The van der Waals surface area contributed by atoms with Crippen molar-refractivity contribution in [1.82, 2.24) is 4.48 Å². The van der Waals surface area contributed by atoms with Crippen LogP contribution in [0.2, 0.25) is 0 Å². The van der Waals surface area contributed by atoms with Crippen molar-refractivity contribution < 1.29 is 4.74 Å². The lowest BCUT2D eigenvalue weighted by Gasteiger charge is -2.20. The molecule has 0 bridgehead atoms. The first-order valence-electron chi connectivity index (χ1n) is 5.89. The van der Waals surface area contributed by atoms with Crippen LogP contribution in [0.15, 0.2) is 24.3 Å². The van der Waals surface area contributed by atoms with Crippen LogP contribution < -0.4 is 10.2 Å². The van der Waals surface area contributed by atoms with Crippen LogP contribution in [0, 0.1) is 0 Å². The molecular weight excluding hydrogens is 200 g/mol. The number of hydrogen-bond donors (Lipinski definition) is 1. The summed E-state index contributed by atoms with van der Waals surface area (Å²) in [6.07, 6.45) is 0.317. The molecule has 3 unspecified atom stereocenters. The molecule has 1 aromatic rings. The number of rotatable bonds is 4. The van der Waals surface area contributed by atoms with Gasteiger partial charge in [-0.2, -0.15) is 0 Å². The van der Waals surface area contributed by atoms with Gasteiger partial charge in [-0.3, -0.25) is 4.48 Å². The van der Waals surface area contributed by atoms with Crippen LogP contribution in [0.5, 0.6) is 0 Å². The smallest absolute Gasteiger partial charge is 0.170 e. The van der Waals surface area contributed by atoms with Crippen LogP contribution in [-0.4, -0.2) is 32.3 Å². The van der Waals surface area contributed by atoms with Crippen molar-refractivity contribution in [2.75, 3.05) is 25.9 Å². The second-order valence-corrected chi connectivity index (χ2v) is 4.63. The predicted molar refractivity (Wildman–Crippen MR) is 68.3 cm³/mol. The summed E-state index contributed by atoms with van der Waals surface area (Å²) in [4.78, 5) is 0. The van der Waals surface area contributed by atoms with Crippen LogP contribution in [0.25, 0.3) is 0 Å². The zero-order chi connectivity index (χ0) is 11.8. The molecule has 1 aromatic carbocycles. The summed E-state index contributed by atoms with van der Waals surface area (Å²) in [5.41, 5.74) is 7.90. The number of nitrogens with zero attached hydrogens (tertiary/aromatic N) is 1. The molecule has 0 aliphatic carbocycles. The maximum absolute atomic E-state index is 5.72. The van der Waals surface area contributed by atoms with Crippen LogP contribution in [0.1, 0.15) is 13.8 Å². The topological polar surface area (TPSA) is 35.2 Å². The number of methoxy groups -OCH3 is 1. The van der Waals surface area contributed by atoms with E-state index in [4.69, 9.17) is 10.5 Å². The number of ether oxygens (including phenoxy) is 1. The Hall–Kier alpha value is -1.06. The Morgan fingerprint density at radius 2 is 2.06 bits per heavy atom. The van der Waals surface area contributed by atoms with Gasteiger partial charge in [0.1, 0.15) is 18.3 Å². The van der Waals surface area contributed by atoms with Crippen LogP contribution in [0.3, 0.4) is 0 Å². The molecule has 1 aliphatic heterocycles. The van der Waals surface area contributed by atoms with E-state index in [-0.39, 0.29) is 0 Å². The molecule has 88 valence electrons. The molecule has 0 saturated carbocycles. The average Bonchev–Trinajstić information content (AvgIpc) is 3.05. The van der Waals surface area contributed by atoms with Gasteiger partial charge < -0.3 is 10.5 Å². The van der Waals surface area contributed by atoms with E-state index in [2.05, 4.69) is 26.0 Å². The Morgan fingerprint density at radius 1 is 1.44 bits per heavy atom. The summed E-state index contributed by atoms with van der Waals surface area (Å²) in [6.45, 7) is 6.67. The van der Waals surface area contributed by atoms with Gasteiger partial charge in [-0.05, 0) is 26.0 Å². The molecule has 1 fully saturated rings. The van der Waals surface area contributed by atoms with Crippen LogP contribution in [-0.2, 0) is 4.74 Å². The lowest BCUT2D eigenvalue weighted by molar-refractivity contribution is 0.106. The summed E-state index contributed by atoms with van der Waals surface area (Å²) in [6, 6.07) is 8.84. The normalized spacial score (nSPS) is 30.1. The minimum Gasteiger partial charge on any atom is -0.399 e. The van der Waals surface area contributed by atoms with Gasteiger partial charge >= 0.3 is 0 Å². The van der Waals surface area contributed by atoms with Crippen LogP contribution in [0.4, 0.5) is 11.4 Å². The highest BCUT2D eigenvalue weighted by Gasteiger charge is 2.58. The quantitative estimate of drug-likeness (QED) is 0.479. The standard InChI is InChI=1S/C13H21N2O/c1-4-15(9-13(15)10(2)16-3)12-7-5-11(14)6-8-12/h5-8,10,13H,4,9,14H2,1-3H3/q+1. The molecule has 3 atom stereocenters. The molecule has 3 heteroatoms. The number of benzene rings is 1. The second kappa shape index (κ2) is 4.07. The first-order valence-corrected chi connectivity index (χ1v) is 5.89. The molecule has 0 aromatic heterocycles. The number of likely N-dealkylation sites (N-methyl/N-ethyl adjacent to an activating group) is 1. The minimum absolute atomic E-state index is 0.317. The highest BCUT2D eigenvalue weighted by atomic mass is 16.5. The van der Waals surface area contributed by atoms with E-state index in [1.54, 1.807) is 7.11 Å². The third-order valence-corrected chi connectivity index (χ3v) is 3.90. The highest BCUT2D eigenvalue weighted by molar-refractivity contribution is 5.54. The molecule has 2 rings (SSSR count). The van der Waals surface area contributed by atoms with Crippen molar-refractivity contribution in [2.45, 2.75) is 26.0 Å². The maximum Gasteiger partial charge on any atom is 0.170 e. The summed E-state index contributed by atoms with van der Waals surface area (Å²) in [7, 11) is 1.79. The van der Waals surface area contributed by atoms with Crippen molar-refractivity contribution in [1.29, 1.82) is 0 Å². The summed E-state index contributed by atoms with van der Waals surface area (Å²) >= 11 is 0. The van der Waals surface area contributed by atoms with Gasteiger partial charge in [0.2, 0.25) is 0 Å². The number of nitrogens with two attached hydrogens (primary N) is 1. The van der Waals surface area contributed by atoms with Gasteiger partial charge in [0.25, 0.3) is 0 Å². The SMILES string of the molecule is CC[N+]1(c2ccc(N)cc2)CC1C(C)OC.